The van der Waals surface area contributed by atoms with Crippen molar-refractivity contribution in [3.05, 3.63) is 29.8 Å². The van der Waals surface area contributed by atoms with Crippen LogP contribution in [0.3, 0.4) is 0 Å². The van der Waals surface area contributed by atoms with Crippen LogP contribution < -0.4 is 4.90 Å². The molecule has 1 aromatic rings. The molecule has 0 spiro atoms. The van der Waals surface area contributed by atoms with E-state index in [0.717, 1.165) is 5.56 Å². The van der Waals surface area contributed by atoms with Gasteiger partial charge in [0.05, 0.1) is 6.10 Å². The van der Waals surface area contributed by atoms with Crippen LogP contribution in [0, 0.1) is 5.92 Å². The lowest BCUT2D eigenvalue weighted by atomic mass is 10.1. The van der Waals surface area contributed by atoms with Crippen molar-refractivity contribution in [3.8, 4) is 0 Å². The first-order chi connectivity index (χ1) is 6.68. The van der Waals surface area contributed by atoms with Crippen LogP contribution in [-0.2, 0) is 0 Å². The standard InChI is InChI=1S/C12H17NO/c1-13(2)11-7-5-10(6-8-11)12(14)9-3-4-9/h5-9,12,14H,3-4H2,1-2H3. The molecule has 1 saturated carbocycles. The molecule has 0 amide bonds. The molecule has 2 rings (SSSR count). The van der Waals surface area contributed by atoms with E-state index in [-0.39, 0.29) is 6.10 Å². The lowest BCUT2D eigenvalue weighted by Crippen LogP contribution is -2.08. The summed E-state index contributed by atoms with van der Waals surface area (Å²) in [6.07, 6.45) is 2.11. The van der Waals surface area contributed by atoms with Gasteiger partial charge in [0, 0.05) is 19.8 Å². The Morgan fingerprint density at radius 1 is 1.21 bits per heavy atom. The smallest absolute Gasteiger partial charge is 0.0818 e. The van der Waals surface area contributed by atoms with Gasteiger partial charge in [-0.05, 0) is 36.5 Å². The summed E-state index contributed by atoms with van der Waals surface area (Å²) >= 11 is 0. The Labute approximate surface area is 85.2 Å². The predicted molar refractivity (Wildman–Crippen MR) is 58.5 cm³/mol. The van der Waals surface area contributed by atoms with Gasteiger partial charge in [-0.25, -0.2) is 0 Å². The molecule has 1 N–H and O–H groups in total. The second-order valence-electron chi connectivity index (χ2n) is 4.27. The summed E-state index contributed by atoms with van der Waals surface area (Å²) in [5.74, 6) is 0.514. The summed E-state index contributed by atoms with van der Waals surface area (Å²) in [6.45, 7) is 0. The quantitative estimate of drug-likeness (QED) is 0.791. The highest BCUT2D eigenvalue weighted by Gasteiger charge is 2.30. The molecular weight excluding hydrogens is 174 g/mol. The first kappa shape index (κ1) is 9.53. The van der Waals surface area contributed by atoms with Crippen molar-refractivity contribution < 1.29 is 5.11 Å². The van der Waals surface area contributed by atoms with Gasteiger partial charge in [-0.1, -0.05) is 12.1 Å². The fraction of sp³-hybridized carbons (Fsp3) is 0.500. The molecule has 1 atom stereocenters. The number of hydrogen-bond acceptors (Lipinski definition) is 2. The summed E-state index contributed by atoms with van der Waals surface area (Å²) in [5.41, 5.74) is 2.23. The molecule has 0 saturated heterocycles. The van der Waals surface area contributed by atoms with Gasteiger partial charge in [0.2, 0.25) is 0 Å². The molecule has 76 valence electrons. The molecular formula is C12H17NO. The first-order valence-corrected chi connectivity index (χ1v) is 5.14. The molecule has 0 heterocycles. The monoisotopic (exact) mass is 191 g/mol. The third-order valence-electron chi connectivity index (χ3n) is 2.82. The molecule has 14 heavy (non-hydrogen) atoms. The summed E-state index contributed by atoms with van der Waals surface area (Å²) in [5, 5.41) is 9.88. The van der Waals surface area contributed by atoms with Crippen LogP contribution in [0.25, 0.3) is 0 Å². The molecule has 0 aromatic heterocycles. The molecule has 2 heteroatoms. The highest BCUT2D eigenvalue weighted by molar-refractivity contribution is 5.46. The van der Waals surface area contributed by atoms with Gasteiger partial charge >= 0.3 is 0 Å². The van der Waals surface area contributed by atoms with E-state index in [4.69, 9.17) is 0 Å². The molecule has 1 aromatic carbocycles. The zero-order valence-electron chi connectivity index (χ0n) is 8.77. The number of aliphatic hydroxyl groups is 1. The molecule has 1 fully saturated rings. The molecule has 1 aliphatic rings. The Hall–Kier alpha value is -1.02. The van der Waals surface area contributed by atoms with Gasteiger partial charge in [-0.2, -0.15) is 0 Å². The van der Waals surface area contributed by atoms with Crippen molar-refractivity contribution in [3.63, 3.8) is 0 Å². The summed E-state index contributed by atoms with van der Waals surface area (Å²) in [7, 11) is 4.04. The van der Waals surface area contributed by atoms with Crippen molar-refractivity contribution >= 4 is 5.69 Å². The highest BCUT2D eigenvalue weighted by Crippen LogP contribution is 2.40. The largest absolute Gasteiger partial charge is 0.388 e. The fourth-order valence-electron chi connectivity index (χ4n) is 1.65. The normalized spacial score (nSPS) is 17.9. The number of aliphatic hydroxyl groups excluding tert-OH is 1. The topological polar surface area (TPSA) is 23.5 Å². The van der Waals surface area contributed by atoms with Crippen LogP contribution in [0.1, 0.15) is 24.5 Å². The minimum absolute atomic E-state index is 0.244. The highest BCUT2D eigenvalue weighted by atomic mass is 16.3. The molecule has 0 bridgehead atoms. The van der Waals surface area contributed by atoms with E-state index in [0.29, 0.717) is 5.92 Å². The van der Waals surface area contributed by atoms with Crippen LogP contribution in [0.4, 0.5) is 5.69 Å². The molecule has 0 aliphatic heterocycles. The van der Waals surface area contributed by atoms with Gasteiger partial charge in [-0.3, -0.25) is 0 Å². The van der Waals surface area contributed by atoms with Crippen LogP contribution in [0.5, 0.6) is 0 Å². The molecule has 2 nitrogen and oxygen atoms in total. The van der Waals surface area contributed by atoms with Crippen LogP contribution >= 0.6 is 0 Å². The van der Waals surface area contributed by atoms with Crippen molar-refractivity contribution in [2.24, 2.45) is 5.92 Å². The lowest BCUT2D eigenvalue weighted by Gasteiger charge is -2.14. The Morgan fingerprint density at radius 3 is 2.21 bits per heavy atom. The summed E-state index contributed by atoms with van der Waals surface area (Å²) in [6, 6.07) is 8.17. The molecule has 1 aliphatic carbocycles. The Balaban J connectivity index is 2.12. The number of nitrogens with zero attached hydrogens (tertiary/aromatic N) is 1. The molecule has 0 radical (unpaired) electrons. The van der Waals surface area contributed by atoms with Crippen LogP contribution in [0.2, 0.25) is 0 Å². The van der Waals surface area contributed by atoms with E-state index in [2.05, 4.69) is 17.0 Å². The summed E-state index contributed by atoms with van der Waals surface area (Å²) in [4.78, 5) is 2.06. The fourth-order valence-corrected chi connectivity index (χ4v) is 1.65. The van der Waals surface area contributed by atoms with Crippen molar-refractivity contribution in [2.75, 3.05) is 19.0 Å². The van der Waals surface area contributed by atoms with Gasteiger partial charge in [0.1, 0.15) is 0 Å². The van der Waals surface area contributed by atoms with Gasteiger partial charge in [0.25, 0.3) is 0 Å². The maximum absolute atomic E-state index is 9.88. The number of anilines is 1. The number of rotatable bonds is 3. The van der Waals surface area contributed by atoms with Crippen molar-refractivity contribution in [1.82, 2.24) is 0 Å². The van der Waals surface area contributed by atoms with Crippen LogP contribution in [0.15, 0.2) is 24.3 Å². The van der Waals surface area contributed by atoms with E-state index >= 15 is 0 Å². The second-order valence-corrected chi connectivity index (χ2v) is 4.27. The van der Waals surface area contributed by atoms with E-state index in [1.54, 1.807) is 0 Å². The zero-order chi connectivity index (χ0) is 10.1. The van der Waals surface area contributed by atoms with E-state index < -0.39 is 0 Å². The Morgan fingerprint density at radius 2 is 1.79 bits per heavy atom. The predicted octanol–water partition coefficient (Wildman–Crippen LogP) is 2.20. The SMILES string of the molecule is CN(C)c1ccc(C(O)C2CC2)cc1. The van der Waals surface area contributed by atoms with Gasteiger partial charge in [0.15, 0.2) is 0 Å². The Kier molecular flexibility index (Phi) is 2.46. The van der Waals surface area contributed by atoms with Crippen molar-refractivity contribution in [1.29, 1.82) is 0 Å². The van der Waals surface area contributed by atoms with Gasteiger partial charge < -0.3 is 10.0 Å². The minimum atomic E-state index is -0.244. The third kappa shape index (κ3) is 1.90. The number of benzene rings is 1. The van der Waals surface area contributed by atoms with Crippen LogP contribution in [-0.4, -0.2) is 19.2 Å². The van der Waals surface area contributed by atoms with E-state index in [1.807, 2.05) is 26.2 Å². The second kappa shape index (κ2) is 3.62. The minimum Gasteiger partial charge on any atom is -0.388 e. The van der Waals surface area contributed by atoms with Crippen molar-refractivity contribution in [2.45, 2.75) is 18.9 Å². The van der Waals surface area contributed by atoms with Gasteiger partial charge in [-0.15, -0.1) is 0 Å². The van der Waals surface area contributed by atoms with E-state index in [9.17, 15) is 5.11 Å². The number of hydrogen-bond donors (Lipinski definition) is 1. The lowest BCUT2D eigenvalue weighted by molar-refractivity contribution is 0.154. The summed E-state index contributed by atoms with van der Waals surface area (Å²) < 4.78 is 0. The van der Waals surface area contributed by atoms with E-state index in [1.165, 1.54) is 18.5 Å². The third-order valence-corrected chi connectivity index (χ3v) is 2.82. The first-order valence-electron chi connectivity index (χ1n) is 5.14. The molecule has 1 unspecified atom stereocenters. The Bertz CT molecular complexity index is 301. The maximum atomic E-state index is 9.88. The average Bonchev–Trinajstić information content (AvgIpc) is 3.00. The average molecular weight is 191 g/mol. The maximum Gasteiger partial charge on any atom is 0.0818 e. The zero-order valence-corrected chi connectivity index (χ0v) is 8.77.